The fraction of sp³-hybridized carbons (Fsp3) is 0.529. The number of halogens is 1. The number of carbonyl (C=O) groups is 2. The fourth-order valence-corrected chi connectivity index (χ4v) is 2.77. The summed E-state index contributed by atoms with van der Waals surface area (Å²) in [6, 6.07) is 6.02. The van der Waals surface area contributed by atoms with Crippen molar-refractivity contribution in [1.82, 2.24) is 15.5 Å². The number of nitrogens with one attached hydrogen (secondary N) is 2. The van der Waals surface area contributed by atoms with Crippen molar-refractivity contribution in [3.63, 3.8) is 0 Å². The zero-order valence-electron chi connectivity index (χ0n) is 13.6. The van der Waals surface area contributed by atoms with E-state index in [1.165, 1.54) is 12.1 Å². The molecule has 3 amide bonds. The second kappa shape index (κ2) is 8.06. The van der Waals surface area contributed by atoms with Gasteiger partial charge in [-0.2, -0.15) is 0 Å². The monoisotopic (exact) mass is 321 g/mol. The average molecular weight is 321 g/mol. The number of rotatable bonds is 5. The van der Waals surface area contributed by atoms with Gasteiger partial charge in [0.25, 0.3) is 0 Å². The zero-order valence-corrected chi connectivity index (χ0v) is 13.6. The van der Waals surface area contributed by atoms with Crippen molar-refractivity contribution in [2.75, 3.05) is 19.6 Å². The lowest BCUT2D eigenvalue weighted by atomic mass is 10.0. The largest absolute Gasteiger partial charge is 0.338 e. The summed E-state index contributed by atoms with van der Waals surface area (Å²) in [4.78, 5) is 25.7. The third-order valence-electron chi connectivity index (χ3n) is 3.89. The molecule has 1 atom stereocenters. The van der Waals surface area contributed by atoms with E-state index >= 15 is 0 Å². The molecule has 126 valence electrons. The Labute approximate surface area is 136 Å². The summed E-state index contributed by atoms with van der Waals surface area (Å²) < 4.78 is 13.0. The Morgan fingerprint density at radius 1 is 1.30 bits per heavy atom. The first kappa shape index (κ1) is 17.4. The Kier molecular flexibility index (Phi) is 6.10. The molecule has 1 fully saturated rings. The highest BCUT2D eigenvalue weighted by Gasteiger charge is 2.27. The topological polar surface area (TPSA) is 61.4 Å². The van der Waals surface area contributed by atoms with E-state index in [1.54, 1.807) is 12.1 Å². The van der Waals surface area contributed by atoms with E-state index in [-0.39, 0.29) is 24.3 Å². The first-order valence-corrected chi connectivity index (χ1v) is 8.03. The van der Waals surface area contributed by atoms with Crippen LogP contribution in [0.15, 0.2) is 24.3 Å². The van der Waals surface area contributed by atoms with Crippen molar-refractivity contribution in [3.05, 3.63) is 35.6 Å². The number of hydrogen-bond acceptors (Lipinski definition) is 3. The summed E-state index contributed by atoms with van der Waals surface area (Å²) in [5.41, 5.74) is 1.00. The van der Waals surface area contributed by atoms with Gasteiger partial charge in [-0.3, -0.25) is 15.0 Å². The smallest absolute Gasteiger partial charge is 0.321 e. The second-order valence-electron chi connectivity index (χ2n) is 6.33. The lowest BCUT2D eigenvalue weighted by Crippen LogP contribution is -2.45. The first-order valence-electron chi connectivity index (χ1n) is 8.03. The molecule has 1 heterocycles. The number of nitrogens with zero attached hydrogens (tertiary/aromatic N) is 1. The zero-order chi connectivity index (χ0) is 16.8. The number of hydrogen-bond donors (Lipinski definition) is 2. The van der Waals surface area contributed by atoms with E-state index in [9.17, 15) is 14.0 Å². The van der Waals surface area contributed by atoms with Crippen molar-refractivity contribution in [1.29, 1.82) is 0 Å². The Morgan fingerprint density at radius 2 is 2.00 bits per heavy atom. The van der Waals surface area contributed by atoms with Crippen molar-refractivity contribution in [2.24, 2.45) is 5.92 Å². The second-order valence-corrected chi connectivity index (χ2v) is 6.33. The molecular formula is C17H24FN3O2. The van der Waals surface area contributed by atoms with Gasteiger partial charge < -0.3 is 5.32 Å². The maximum atomic E-state index is 13.0. The lowest BCUT2D eigenvalue weighted by Gasteiger charge is -2.24. The molecule has 1 aliphatic heterocycles. The quantitative estimate of drug-likeness (QED) is 0.876. The highest BCUT2D eigenvalue weighted by molar-refractivity contribution is 5.95. The molecule has 1 unspecified atom stereocenters. The molecule has 6 heteroatoms. The number of imide groups is 1. The molecule has 0 bridgehead atoms. The van der Waals surface area contributed by atoms with Crippen LogP contribution in [0.5, 0.6) is 0 Å². The molecule has 1 saturated heterocycles. The van der Waals surface area contributed by atoms with Gasteiger partial charge in [-0.25, -0.2) is 9.18 Å². The van der Waals surface area contributed by atoms with Crippen LogP contribution in [0.4, 0.5) is 9.18 Å². The molecule has 1 aromatic carbocycles. The van der Waals surface area contributed by atoms with E-state index in [1.807, 2.05) is 18.7 Å². The molecule has 2 rings (SSSR count). The highest BCUT2D eigenvalue weighted by atomic mass is 19.1. The molecule has 0 saturated carbocycles. The van der Waals surface area contributed by atoms with Crippen molar-refractivity contribution in [2.45, 2.75) is 32.7 Å². The molecule has 0 spiro atoms. The van der Waals surface area contributed by atoms with Gasteiger partial charge in [0.1, 0.15) is 5.82 Å². The predicted octanol–water partition coefficient (Wildman–Crippen LogP) is 2.44. The standard InChI is InChI=1S/C17H24FN3O2/c1-12(2)10-19-17(23)20-16(22)11-21-9-3-4-15(21)13-5-7-14(18)8-6-13/h5-8,12,15H,3-4,9-11H2,1-2H3,(H2,19,20,22,23). The van der Waals surface area contributed by atoms with Crippen LogP contribution in [-0.2, 0) is 4.79 Å². The normalized spacial score (nSPS) is 18.2. The molecule has 0 radical (unpaired) electrons. The fourth-order valence-electron chi connectivity index (χ4n) is 2.77. The number of amides is 3. The minimum Gasteiger partial charge on any atom is -0.338 e. The first-order chi connectivity index (χ1) is 11.0. The van der Waals surface area contributed by atoms with Crippen molar-refractivity contribution < 1.29 is 14.0 Å². The van der Waals surface area contributed by atoms with Crippen LogP contribution in [0.25, 0.3) is 0 Å². The Hall–Kier alpha value is -1.95. The molecule has 0 aromatic heterocycles. The Balaban J connectivity index is 1.87. The molecule has 2 N–H and O–H groups in total. The van der Waals surface area contributed by atoms with E-state index in [0.717, 1.165) is 24.9 Å². The van der Waals surface area contributed by atoms with Crippen LogP contribution in [0.1, 0.15) is 38.3 Å². The van der Waals surface area contributed by atoms with Crippen LogP contribution >= 0.6 is 0 Å². The van der Waals surface area contributed by atoms with Crippen LogP contribution in [0.2, 0.25) is 0 Å². The van der Waals surface area contributed by atoms with Crippen LogP contribution < -0.4 is 10.6 Å². The maximum absolute atomic E-state index is 13.0. The summed E-state index contributed by atoms with van der Waals surface area (Å²) >= 11 is 0. The van der Waals surface area contributed by atoms with Crippen LogP contribution in [0, 0.1) is 11.7 Å². The number of carbonyl (C=O) groups excluding carboxylic acids is 2. The van der Waals surface area contributed by atoms with E-state index < -0.39 is 6.03 Å². The lowest BCUT2D eigenvalue weighted by molar-refractivity contribution is -0.121. The number of urea groups is 1. The summed E-state index contributed by atoms with van der Waals surface area (Å²) in [5, 5.41) is 5.01. The highest BCUT2D eigenvalue weighted by Crippen LogP contribution is 2.31. The van der Waals surface area contributed by atoms with E-state index in [4.69, 9.17) is 0 Å². The van der Waals surface area contributed by atoms with Crippen LogP contribution in [-0.4, -0.2) is 36.5 Å². The summed E-state index contributed by atoms with van der Waals surface area (Å²) in [6.07, 6.45) is 1.91. The summed E-state index contributed by atoms with van der Waals surface area (Å²) in [7, 11) is 0. The van der Waals surface area contributed by atoms with E-state index in [2.05, 4.69) is 10.6 Å². The van der Waals surface area contributed by atoms with Gasteiger partial charge in [0.15, 0.2) is 0 Å². The summed E-state index contributed by atoms with van der Waals surface area (Å²) in [6.45, 7) is 5.46. The van der Waals surface area contributed by atoms with Gasteiger partial charge in [0.05, 0.1) is 6.54 Å². The minimum atomic E-state index is -0.457. The molecule has 0 aliphatic carbocycles. The molecule has 1 aromatic rings. The molecule has 5 nitrogen and oxygen atoms in total. The minimum absolute atomic E-state index is 0.0973. The summed E-state index contributed by atoms with van der Waals surface area (Å²) in [5.74, 6) is -0.254. The Morgan fingerprint density at radius 3 is 2.65 bits per heavy atom. The van der Waals surface area contributed by atoms with Gasteiger partial charge in [0.2, 0.25) is 5.91 Å². The SMILES string of the molecule is CC(C)CNC(=O)NC(=O)CN1CCCC1c1ccc(F)cc1. The molecular weight excluding hydrogens is 297 g/mol. The van der Waals surface area contributed by atoms with Crippen molar-refractivity contribution in [3.8, 4) is 0 Å². The van der Waals surface area contributed by atoms with Crippen LogP contribution in [0.3, 0.4) is 0 Å². The van der Waals surface area contributed by atoms with Crippen molar-refractivity contribution >= 4 is 11.9 Å². The van der Waals surface area contributed by atoms with Gasteiger partial charge in [0, 0.05) is 12.6 Å². The Bertz CT molecular complexity index is 545. The van der Waals surface area contributed by atoms with Gasteiger partial charge in [-0.15, -0.1) is 0 Å². The third kappa shape index (κ3) is 5.32. The van der Waals surface area contributed by atoms with Gasteiger partial charge in [-0.05, 0) is 43.0 Å². The van der Waals surface area contributed by atoms with Gasteiger partial charge >= 0.3 is 6.03 Å². The average Bonchev–Trinajstić information content (AvgIpc) is 2.94. The number of benzene rings is 1. The van der Waals surface area contributed by atoms with E-state index in [0.29, 0.717) is 12.5 Å². The third-order valence-corrected chi connectivity index (χ3v) is 3.89. The predicted molar refractivity (Wildman–Crippen MR) is 86.3 cm³/mol. The number of likely N-dealkylation sites (tertiary alicyclic amines) is 1. The van der Waals surface area contributed by atoms with Gasteiger partial charge in [-0.1, -0.05) is 26.0 Å². The molecule has 23 heavy (non-hydrogen) atoms. The maximum Gasteiger partial charge on any atom is 0.321 e. The molecule has 1 aliphatic rings.